The van der Waals surface area contributed by atoms with Crippen molar-refractivity contribution in [3.05, 3.63) is 106 Å². The van der Waals surface area contributed by atoms with Crippen LogP contribution in [0.2, 0.25) is 10.0 Å². The fourth-order valence-electron chi connectivity index (χ4n) is 11.0. The summed E-state index contributed by atoms with van der Waals surface area (Å²) in [7, 11) is -22.6. The van der Waals surface area contributed by atoms with Crippen LogP contribution in [0, 0.1) is 0 Å². The number of ether oxygens (including phenoxy) is 1. The van der Waals surface area contributed by atoms with E-state index in [9.17, 15) is 69.6 Å². The Balaban J connectivity index is 0.00000136. The third-order valence-electron chi connectivity index (χ3n) is 16.9. The highest BCUT2D eigenvalue weighted by molar-refractivity contribution is 7.86. The second kappa shape index (κ2) is 42.1. The molecule has 5 rings (SSSR count). The second-order valence-electron chi connectivity index (χ2n) is 23.2. The van der Waals surface area contributed by atoms with Crippen LogP contribution in [0.25, 0.3) is 0 Å². The summed E-state index contributed by atoms with van der Waals surface area (Å²) in [5.41, 5.74) is 1.32. The van der Waals surface area contributed by atoms with E-state index in [1.165, 1.54) is 115 Å². The van der Waals surface area contributed by atoms with Gasteiger partial charge in [0.15, 0.2) is 11.5 Å². The van der Waals surface area contributed by atoms with Crippen molar-refractivity contribution < 1.29 is 79.0 Å². The zero-order valence-corrected chi connectivity index (χ0v) is 64.5. The topological polar surface area (TPSA) is 317 Å². The average molecular weight is 1490 g/mol. The van der Waals surface area contributed by atoms with E-state index < -0.39 is 88.7 Å². The number of unbranched alkanes of at least 4 members (excludes halogenated alkanes) is 2. The lowest BCUT2D eigenvalue weighted by molar-refractivity contribution is -0.437. The van der Waals surface area contributed by atoms with Crippen LogP contribution < -0.4 is 9.64 Å². The molecular formula is C66H109Cl2N6O17S5+. The van der Waals surface area contributed by atoms with Gasteiger partial charge < -0.3 is 29.2 Å². The number of carbonyl (C=O) groups excluding carboxylic acids is 1. The lowest BCUT2D eigenvalue weighted by Crippen LogP contribution is -2.30. The molecule has 0 aliphatic carbocycles. The number of nitrogens with zero attached hydrogens (tertiary/aromatic N) is 6. The van der Waals surface area contributed by atoms with Crippen molar-refractivity contribution in [3.8, 4) is 5.75 Å². The van der Waals surface area contributed by atoms with Crippen molar-refractivity contribution in [1.29, 1.82) is 0 Å². The zero-order chi connectivity index (χ0) is 73.6. The highest BCUT2D eigenvalue weighted by atomic mass is 35.5. The Kier molecular flexibility index (Phi) is 39.4. The number of anilines is 1. The van der Waals surface area contributed by atoms with Crippen LogP contribution in [0.15, 0.2) is 99.3 Å². The fraction of sp³-hybridized carbons (Fsp3) is 0.606. The monoisotopic (exact) mass is 1490 g/mol. The smallest absolute Gasteiger partial charge is 0.311 e. The quantitative estimate of drug-likeness (QED) is 0.00944. The van der Waals surface area contributed by atoms with Gasteiger partial charge in [-0.2, -0.15) is 46.7 Å². The molecule has 0 saturated carbocycles. The Hall–Kier alpha value is -4.21. The van der Waals surface area contributed by atoms with Gasteiger partial charge in [0.1, 0.15) is 6.54 Å². The largest absolute Gasteiger partial charge is 0.423 e. The first-order valence-corrected chi connectivity index (χ1v) is 41.1. The van der Waals surface area contributed by atoms with Crippen molar-refractivity contribution in [2.24, 2.45) is 0 Å². The molecule has 2 aliphatic rings. The number of halogens is 2. The number of benzene rings is 3. The van der Waals surface area contributed by atoms with E-state index >= 15 is 0 Å². The van der Waals surface area contributed by atoms with Gasteiger partial charge in [0.25, 0.3) is 50.6 Å². The maximum Gasteiger partial charge on any atom is 0.311 e. The molecule has 3 aromatic rings. The zero-order valence-electron chi connectivity index (χ0n) is 58.9. The SMILES string of the molecule is CC1(C)C(/C=C/C=C/C=C2\N(CCCS(=O)(=O)O)c3ccc(S(=O)(=O)O)cc3C2(C)CCCCCC(=O)Oc2c(Cl)cc(S(=O)(=O)O)cc2Cl)=[N+](CCCS(=O)(=O)O)c2ccc(S(=O)(=O)O)cc21.CCN(CC)CC.CCN(CC)CC.CCN(CC)CC.CCN(CC)CC. The average Bonchev–Trinajstić information content (AvgIpc) is 1.59. The summed E-state index contributed by atoms with van der Waals surface area (Å²) in [5, 5.41) is -0.667. The number of allylic oxidation sites excluding steroid dienone is 6. The molecule has 1 atom stereocenters. The first-order valence-electron chi connectivity index (χ1n) is 32.8. The van der Waals surface area contributed by atoms with E-state index in [-0.39, 0.29) is 59.5 Å². The lowest BCUT2D eigenvalue weighted by atomic mass is 9.77. The molecule has 0 spiro atoms. The third-order valence-corrected chi connectivity index (χ3v) is 21.6. The van der Waals surface area contributed by atoms with Crippen molar-refractivity contribution >= 4 is 96.8 Å². The molecule has 0 radical (unpaired) electrons. The molecule has 23 nitrogen and oxygen atoms in total. The van der Waals surface area contributed by atoms with E-state index in [4.69, 9.17) is 27.9 Å². The highest BCUT2D eigenvalue weighted by Gasteiger charge is 2.46. The molecule has 5 N–H and O–H groups in total. The predicted molar refractivity (Wildman–Crippen MR) is 387 cm³/mol. The molecule has 30 heteroatoms. The van der Waals surface area contributed by atoms with Gasteiger partial charge in [-0.3, -0.25) is 27.6 Å². The number of esters is 1. The third kappa shape index (κ3) is 29.5. The molecule has 548 valence electrons. The van der Waals surface area contributed by atoms with Crippen molar-refractivity contribution in [3.63, 3.8) is 0 Å². The Morgan fingerprint density at radius 1 is 0.521 bits per heavy atom. The normalized spacial score (nSPS) is 15.9. The van der Waals surface area contributed by atoms with E-state index in [0.717, 1.165) is 12.1 Å². The number of carbonyl (C=O) groups is 1. The summed E-state index contributed by atoms with van der Waals surface area (Å²) in [6.07, 6.45) is 9.69. The maximum atomic E-state index is 12.8. The minimum atomic E-state index is -4.69. The van der Waals surface area contributed by atoms with Crippen LogP contribution >= 0.6 is 23.2 Å². The first kappa shape index (κ1) is 89.8. The molecule has 0 aromatic heterocycles. The number of rotatable bonds is 33. The van der Waals surface area contributed by atoms with Crippen LogP contribution in [0.4, 0.5) is 11.4 Å². The van der Waals surface area contributed by atoms with Gasteiger partial charge >= 0.3 is 5.97 Å². The summed E-state index contributed by atoms with van der Waals surface area (Å²) in [6.45, 7) is 46.1. The van der Waals surface area contributed by atoms with Gasteiger partial charge in [-0.05, 0) is 173 Å². The number of fused-ring (bicyclic) bond motifs is 2. The van der Waals surface area contributed by atoms with E-state index in [0.29, 0.717) is 53.2 Å². The molecule has 1 unspecified atom stereocenters. The minimum absolute atomic E-state index is 0.00370. The summed E-state index contributed by atoms with van der Waals surface area (Å²) in [6, 6.07) is 9.78. The highest BCUT2D eigenvalue weighted by Crippen LogP contribution is 2.52. The van der Waals surface area contributed by atoms with Crippen molar-refractivity contribution in [2.45, 2.75) is 174 Å². The maximum absolute atomic E-state index is 12.8. The summed E-state index contributed by atoms with van der Waals surface area (Å²) in [5.74, 6) is -2.19. The van der Waals surface area contributed by atoms with Gasteiger partial charge in [-0.1, -0.05) is 137 Å². The van der Waals surface area contributed by atoms with Crippen LogP contribution in [-0.2, 0) is 66.2 Å². The van der Waals surface area contributed by atoms with Crippen LogP contribution in [0.1, 0.15) is 160 Å². The molecule has 0 amide bonds. The van der Waals surface area contributed by atoms with Crippen molar-refractivity contribution in [2.75, 3.05) is 108 Å². The molecule has 0 bridgehead atoms. The summed E-state index contributed by atoms with van der Waals surface area (Å²) < 4.78 is 174. The van der Waals surface area contributed by atoms with Crippen molar-refractivity contribution in [1.82, 2.24) is 19.6 Å². The van der Waals surface area contributed by atoms with Crippen LogP contribution in [-0.4, -0.2) is 204 Å². The second-order valence-corrected chi connectivity index (χ2v) is 31.5. The van der Waals surface area contributed by atoms with Crippen LogP contribution in [0.3, 0.4) is 0 Å². The first-order chi connectivity index (χ1) is 44.6. The predicted octanol–water partition coefficient (Wildman–Crippen LogP) is 12.4. The molecule has 2 aliphatic heterocycles. The minimum Gasteiger partial charge on any atom is -0.423 e. The molecule has 0 fully saturated rings. The standard InChI is InChI=1S/C42H48Cl2N2O17S5.4C6H15N/c1-41(2)31-24-28(66(54,55)56)15-17-35(31)45(20-10-22-64(48,49)50)37(41)12-6-4-7-13-38-42(3,32-25-29(67(57,58)59)16-18-36(32)46(38)21-11-23-65(51,52)53)19-9-5-8-14-39(47)63-40-33(43)26-30(27-34(40)44)68(60,61)62;4*1-4-7(5-2)6-3/h4,6-7,12-13,15-18,24-27H,5,8-11,14,19-23H2,1-3H3,(H4-,48,49,50,51,52,53,54,55,56,57,58,59,60,61,62);4*4-6H2,1-3H3/p+1. The molecular weight excluding hydrogens is 1380 g/mol. The van der Waals surface area contributed by atoms with Crippen LogP contribution in [0.5, 0.6) is 5.75 Å². The Morgan fingerprint density at radius 2 is 0.938 bits per heavy atom. The Bertz CT molecular complexity index is 3570. The van der Waals surface area contributed by atoms with Gasteiger partial charge in [-0.15, -0.1) is 0 Å². The summed E-state index contributed by atoms with van der Waals surface area (Å²) >= 11 is 12.2. The molecule has 0 saturated heterocycles. The van der Waals surface area contributed by atoms with Gasteiger partial charge in [0.05, 0.1) is 41.7 Å². The van der Waals surface area contributed by atoms with E-state index in [1.807, 2.05) is 20.8 Å². The molecule has 3 aromatic carbocycles. The lowest BCUT2D eigenvalue weighted by Gasteiger charge is -2.30. The van der Waals surface area contributed by atoms with Gasteiger partial charge in [0, 0.05) is 53.9 Å². The number of hydrogen-bond acceptors (Lipinski definition) is 17. The van der Waals surface area contributed by atoms with E-state index in [1.54, 1.807) is 39.9 Å². The number of hydrogen-bond donors (Lipinski definition) is 5. The summed E-state index contributed by atoms with van der Waals surface area (Å²) in [4.78, 5) is 22.7. The Morgan fingerprint density at radius 3 is 1.34 bits per heavy atom. The Labute approximate surface area is 585 Å². The van der Waals surface area contributed by atoms with E-state index in [2.05, 4.69) is 103 Å². The molecule has 96 heavy (non-hydrogen) atoms. The van der Waals surface area contributed by atoms with Gasteiger partial charge in [-0.25, -0.2) is 0 Å². The van der Waals surface area contributed by atoms with Gasteiger partial charge in [0.2, 0.25) is 5.69 Å². The fourth-order valence-corrected chi connectivity index (χ4v) is 14.2. The molecule has 2 heterocycles.